The summed E-state index contributed by atoms with van der Waals surface area (Å²) >= 11 is 1.59. The van der Waals surface area contributed by atoms with Crippen LogP contribution in [0.2, 0.25) is 0 Å². The van der Waals surface area contributed by atoms with Crippen LogP contribution in [-0.2, 0) is 11.3 Å². The Labute approximate surface area is 173 Å². The average Bonchev–Trinajstić information content (AvgIpc) is 3.29. The first-order chi connectivity index (χ1) is 14.2. The van der Waals surface area contributed by atoms with Crippen molar-refractivity contribution in [1.29, 1.82) is 5.41 Å². The van der Waals surface area contributed by atoms with Gasteiger partial charge in [0.1, 0.15) is 5.84 Å². The van der Waals surface area contributed by atoms with E-state index in [2.05, 4.69) is 11.4 Å². The molecule has 1 amide bonds. The van der Waals surface area contributed by atoms with E-state index in [4.69, 9.17) is 5.41 Å². The van der Waals surface area contributed by atoms with Crippen LogP contribution in [0, 0.1) is 5.41 Å². The van der Waals surface area contributed by atoms with Crippen LogP contribution in [0.25, 0.3) is 0 Å². The molecule has 0 aromatic heterocycles. The average molecular weight is 398 g/mol. The SMILES string of the molecule is N=C1/C(=C2/Nc3ccccc3S2)C(c2ccccc2)C(=O)N1Cc1ccccc1. The number of thioether (sulfide) groups is 1. The predicted molar refractivity (Wildman–Crippen MR) is 117 cm³/mol. The molecule has 0 bridgehead atoms. The zero-order valence-electron chi connectivity index (χ0n) is 15.6. The van der Waals surface area contributed by atoms with Gasteiger partial charge in [-0.15, -0.1) is 0 Å². The monoisotopic (exact) mass is 397 g/mol. The van der Waals surface area contributed by atoms with Gasteiger partial charge in [-0.05, 0) is 23.3 Å². The predicted octanol–water partition coefficient (Wildman–Crippen LogP) is 5.22. The molecule has 0 spiro atoms. The van der Waals surface area contributed by atoms with Gasteiger partial charge in [0.2, 0.25) is 5.91 Å². The first-order valence-corrected chi connectivity index (χ1v) is 10.3. The normalized spacial score (nSPS) is 20.7. The molecule has 2 N–H and O–H groups in total. The van der Waals surface area contributed by atoms with Crippen LogP contribution in [0.4, 0.5) is 5.69 Å². The number of carbonyl (C=O) groups excluding carboxylic acids is 1. The molecule has 3 aromatic rings. The summed E-state index contributed by atoms with van der Waals surface area (Å²) in [6.45, 7) is 0.399. The third-order valence-corrected chi connectivity index (χ3v) is 6.34. The third-order valence-electron chi connectivity index (χ3n) is 5.24. The number of rotatable bonds is 3. The highest BCUT2D eigenvalue weighted by Gasteiger charge is 2.44. The lowest BCUT2D eigenvalue weighted by atomic mass is 9.93. The van der Waals surface area contributed by atoms with Crippen molar-refractivity contribution in [3.63, 3.8) is 0 Å². The second kappa shape index (κ2) is 7.26. The van der Waals surface area contributed by atoms with Gasteiger partial charge >= 0.3 is 0 Å². The second-order valence-electron chi connectivity index (χ2n) is 7.07. The molecule has 1 fully saturated rings. The summed E-state index contributed by atoms with van der Waals surface area (Å²) in [6.07, 6.45) is 0. The van der Waals surface area contributed by atoms with E-state index in [0.717, 1.165) is 32.3 Å². The van der Waals surface area contributed by atoms with Crippen molar-refractivity contribution in [1.82, 2.24) is 4.90 Å². The van der Waals surface area contributed by atoms with Crippen molar-refractivity contribution in [2.45, 2.75) is 17.4 Å². The van der Waals surface area contributed by atoms with Gasteiger partial charge in [-0.25, -0.2) is 0 Å². The molecule has 3 aromatic carbocycles. The first kappa shape index (κ1) is 17.8. The van der Waals surface area contributed by atoms with E-state index < -0.39 is 5.92 Å². The first-order valence-electron chi connectivity index (χ1n) is 9.49. The van der Waals surface area contributed by atoms with E-state index in [1.807, 2.05) is 78.9 Å². The Kier molecular flexibility index (Phi) is 4.45. The molecular weight excluding hydrogens is 378 g/mol. The van der Waals surface area contributed by atoms with Gasteiger partial charge in [0.25, 0.3) is 0 Å². The molecule has 0 aliphatic carbocycles. The van der Waals surface area contributed by atoms with Crippen LogP contribution < -0.4 is 5.32 Å². The van der Waals surface area contributed by atoms with Crippen molar-refractivity contribution in [2.24, 2.45) is 0 Å². The molecule has 5 heteroatoms. The Bertz CT molecular complexity index is 1100. The molecule has 4 nitrogen and oxygen atoms in total. The van der Waals surface area contributed by atoms with E-state index in [1.54, 1.807) is 16.7 Å². The van der Waals surface area contributed by atoms with Crippen molar-refractivity contribution in [2.75, 3.05) is 5.32 Å². The number of nitrogens with zero attached hydrogens (tertiary/aromatic N) is 1. The topological polar surface area (TPSA) is 56.2 Å². The van der Waals surface area contributed by atoms with Crippen LogP contribution in [0.3, 0.4) is 0 Å². The van der Waals surface area contributed by atoms with Gasteiger partial charge in [0.15, 0.2) is 0 Å². The minimum Gasteiger partial charge on any atom is -0.349 e. The fourth-order valence-corrected chi connectivity index (χ4v) is 4.91. The number of amidine groups is 1. The van der Waals surface area contributed by atoms with Crippen molar-refractivity contribution >= 4 is 29.2 Å². The molecule has 1 unspecified atom stereocenters. The Morgan fingerprint density at radius 3 is 2.28 bits per heavy atom. The largest absolute Gasteiger partial charge is 0.349 e. The molecule has 2 heterocycles. The van der Waals surface area contributed by atoms with E-state index in [9.17, 15) is 4.79 Å². The quantitative estimate of drug-likeness (QED) is 0.637. The van der Waals surface area contributed by atoms with Crippen LogP contribution in [0.1, 0.15) is 17.0 Å². The molecule has 2 aliphatic heterocycles. The molecule has 142 valence electrons. The zero-order valence-corrected chi connectivity index (χ0v) is 16.4. The highest BCUT2D eigenvalue weighted by molar-refractivity contribution is 8.03. The molecule has 29 heavy (non-hydrogen) atoms. The molecule has 1 atom stereocenters. The number of likely N-dealkylation sites (tertiary alicyclic amines) is 1. The number of amides is 1. The standard InChI is InChI=1S/C24H19N3OS/c25-22-21(23-26-18-13-7-8-14-19(18)29-23)20(17-11-5-2-6-12-17)24(28)27(22)15-16-9-3-1-4-10-16/h1-14,20,25-26H,15H2/b23-21-,25-22?. The molecule has 1 saturated heterocycles. The minimum atomic E-state index is -0.475. The molecule has 5 rings (SSSR count). The summed E-state index contributed by atoms with van der Waals surface area (Å²) in [7, 11) is 0. The highest BCUT2D eigenvalue weighted by Crippen LogP contribution is 2.47. The summed E-state index contributed by atoms with van der Waals surface area (Å²) in [6, 6.07) is 27.7. The maximum Gasteiger partial charge on any atom is 0.240 e. The van der Waals surface area contributed by atoms with E-state index in [1.165, 1.54) is 0 Å². The van der Waals surface area contributed by atoms with E-state index in [0.29, 0.717) is 6.54 Å². The molecule has 0 radical (unpaired) electrons. The summed E-state index contributed by atoms with van der Waals surface area (Å²) in [4.78, 5) is 16.2. The van der Waals surface area contributed by atoms with Crippen molar-refractivity contribution < 1.29 is 4.79 Å². The van der Waals surface area contributed by atoms with Gasteiger partial charge in [0, 0.05) is 10.5 Å². The maximum absolute atomic E-state index is 13.5. The number of nitrogens with one attached hydrogen (secondary N) is 2. The Morgan fingerprint density at radius 1 is 0.897 bits per heavy atom. The lowest BCUT2D eigenvalue weighted by Crippen LogP contribution is -2.29. The van der Waals surface area contributed by atoms with Crippen molar-refractivity contribution in [3.8, 4) is 0 Å². The number of anilines is 1. The maximum atomic E-state index is 13.5. The highest BCUT2D eigenvalue weighted by atomic mass is 32.2. The lowest BCUT2D eigenvalue weighted by Gasteiger charge is -2.16. The number of para-hydroxylation sites is 1. The molecular formula is C24H19N3OS. The number of benzene rings is 3. The van der Waals surface area contributed by atoms with Gasteiger partial charge in [-0.1, -0.05) is 84.6 Å². The number of hydrogen-bond acceptors (Lipinski definition) is 4. The van der Waals surface area contributed by atoms with E-state index in [-0.39, 0.29) is 11.7 Å². The summed E-state index contributed by atoms with van der Waals surface area (Å²) in [5, 5.41) is 13.2. The van der Waals surface area contributed by atoms with E-state index >= 15 is 0 Å². The second-order valence-corrected chi connectivity index (χ2v) is 8.12. The third kappa shape index (κ3) is 3.13. The molecule has 0 saturated carbocycles. The Balaban J connectivity index is 1.59. The minimum absolute atomic E-state index is 0.0501. The van der Waals surface area contributed by atoms with Gasteiger partial charge in [-0.2, -0.15) is 0 Å². The summed E-state index contributed by atoms with van der Waals surface area (Å²) in [5.74, 6) is -0.252. The number of carbonyl (C=O) groups is 1. The Morgan fingerprint density at radius 2 is 1.55 bits per heavy atom. The molecule has 2 aliphatic rings. The van der Waals surface area contributed by atoms with Crippen LogP contribution in [-0.4, -0.2) is 16.6 Å². The summed E-state index contributed by atoms with van der Waals surface area (Å²) < 4.78 is 0. The van der Waals surface area contributed by atoms with Gasteiger partial charge < -0.3 is 5.32 Å². The Hall–Kier alpha value is -3.31. The fraction of sp³-hybridized carbons (Fsp3) is 0.0833. The van der Waals surface area contributed by atoms with Crippen LogP contribution in [0.5, 0.6) is 0 Å². The van der Waals surface area contributed by atoms with Gasteiger partial charge in [0.05, 0.1) is 23.2 Å². The van der Waals surface area contributed by atoms with Crippen molar-refractivity contribution in [3.05, 3.63) is 107 Å². The number of fused-ring (bicyclic) bond motifs is 1. The summed E-state index contributed by atoms with van der Waals surface area (Å²) in [5.41, 5.74) is 3.70. The lowest BCUT2D eigenvalue weighted by molar-refractivity contribution is -0.127. The fourth-order valence-electron chi connectivity index (χ4n) is 3.83. The zero-order chi connectivity index (χ0) is 19.8. The van der Waals surface area contributed by atoms with Crippen LogP contribution in [0.15, 0.2) is 100 Å². The van der Waals surface area contributed by atoms with Crippen LogP contribution >= 0.6 is 11.8 Å². The smallest absolute Gasteiger partial charge is 0.240 e. The number of hydrogen-bond donors (Lipinski definition) is 2. The van der Waals surface area contributed by atoms with Gasteiger partial charge in [-0.3, -0.25) is 15.1 Å².